The van der Waals surface area contributed by atoms with Crippen LogP contribution in [0.2, 0.25) is 5.02 Å². The molecule has 0 N–H and O–H groups in total. The van der Waals surface area contributed by atoms with Gasteiger partial charge in [-0.25, -0.2) is 4.79 Å². The van der Waals surface area contributed by atoms with Crippen LogP contribution in [0.5, 0.6) is 0 Å². The molecular weight excluding hydrogens is 351 g/mol. The SMILES string of the molecule is CN=Cc1cc(-n2c(=S)cc(C(F)(F)F)n(C)c2=O)ccc1Cl. The molecule has 1 heterocycles. The van der Waals surface area contributed by atoms with Crippen molar-refractivity contribution in [2.45, 2.75) is 6.18 Å². The monoisotopic (exact) mass is 361 g/mol. The molecule has 2 rings (SSSR count). The van der Waals surface area contributed by atoms with Gasteiger partial charge in [0.05, 0.1) is 5.69 Å². The van der Waals surface area contributed by atoms with Crippen molar-refractivity contribution in [2.75, 3.05) is 7.05 Å². The van der Waals surface area contributed by atoms with E-state index in [9.17, 15) is 18.0 Å². The standard InChI is InChI=1S/C14H11ClF3N3OS/c1-19-7-8-5-9(3-4-10(8)15)21-12(23)6-11(14(16,17)18)20(2)13(21)22/h3-7H,1-2H3. The molecule has 0 radical (unpaired) electrons. The van der Waals surface area contributed by atoms with Crippen LogP contribution in [-0.4, -0.2) is 22.4 Å². The van der Waals surface area contributed by atoms with E-state index >= 15 is 0 Å². The van der Waals surface area contributed by atoms with E-state index < -0.39 is 17.6 Å². The maximum Gasteiger partial charge on any atom is 0.431 e. The fourth-order valence-electron chi connectivity index (χ4n) is 2.04. The number of nitrogens with zero attached hydrogens (tertiary/aromatic N) is 3. The minimum absolute atomic E-state index is 0.248. The second-order valence-electron chi connectivity index (χ2n) is 4.64. The normalized spacial score (nSPS) is 12.1. The highest BCUT2D eigenvalue weighted by atomic mass is 35.5. The number of hydrogen-bond acceptors (Lipinski definition) is 3. The molecule has 0 fully saturated rings. The number of aliphatic imine (C=N–C) groups is 1. The molecule has 1 aromatic heterocycles. The van der Waals surface area contributed by atoms with E-state index in [0.717, 1.165) is 17.7 Å². The molecule has 0 aliphatic rings. The first-order valence-corrected chi connectivity index (χ1v) is 7.08. The molecule has 0 saturated carbocycles. The van der Waals surface area contributed by atoms with Crippen LogP contribution in [0.1, 0.15) is 11.3 Å². The number of alkyl halides is 3. The van der Waals surface area contributed by atoms with Crippen LogP contribution in [0.4, 0.5) is 13.2 Å². The van der Waals surface area contributed by atoms with Crippen LogP contribution in [0.25, 0.3) is 5.69 Å². The van der Waals surface area contributed by atoms with Crippen molar-refractivity contribution in [1.29, 1.82) is 0 Å². The fraction of sp³-hybridized carbons (Fsp3) is 0.214. The van der Waals surface area contributed by atoms with Crippen LogP contribution >= 0.6 is 23.8 Å². The van der Waals surface area contributed by atoms with Gasteiger partial charge in [0.25, 0.3) is 0 Å². The summed E-state index contributed by atoms with van der Waals surface area (Å²) in [7, 11) is 2.59. The molecule has 0 spiro atoms. The van der Waals surface area contributed by atoms with Gasteiger partial charge in [-0.1, -0.05) is 23.8 Å². The third kappa shape index (κ3) is 3.37. The second-order valence-corrected chi connectivity index (χ2v) is 5.46. The summed E-state index contributed by atoms with van der Waals surface area (Å²) >= 11 is 11.0. The van der Waals surface area contributed by atoms with Gasteiger partial charge in [-0.15, -0.1) is 0 Å². The van der Waals surface area contributed by atoms with Crippen molar-refractivity contribution in [3.8, 4) is 5.69 Å². The molecule has 2 aromatic rings. The second kappa shape index (κ2) is 6.29. The van der Waals surface area contributed by atoms with Gasteiger partial charge in [-0.2, -0.15) is 13.2 Å². The number of benzene rings is 1. The molecular formula is C14H11ClF3N3OS. The van der Waals surface area contributed by atoms with Crippen LogP contribution in [0, 0.1) is 4.64 Å². The van der Waals surface area contributed by atoms with Crippen molar-refractivity contribution < 1.29 is 13.2 Å². The molecule has 0 aliphatic heterocycles. The highest BCUT2D eigenvalue weighted by Crippen LogP contribution is 2.28. The first-order valence-electron chi connectivity index (χ1n) is 6.29. The lowest BCUT2D eigenvalue weighted by Gasteiger charge is -2.15. The van der Waals surface area contributed by atoms with E-state index in [0.29, 0.717) is 20.8 Å². The molecule has 0 amide bonds. The maximum absolute atomic E-state index is 12.9. The number of rotatable bonds is 2. The quantitative estimate of drug-likeness (QED) is 0.605. The molecule has 0 saturated heterocycles. The largest absolute Gasteiger partial charge is 0.431 e. The Morgan fingerprint density at radius 3 is 2.52 bits per heavy atom. The van der Waals surface area contributed by atoms with Gasteiger partial charge >= 0.3 is 11.9 Å². The molecule has 0 unspecified atom stereocenters. The summed E-state index contributed by atoms with van der Waals surface area (Å²) in [6.45, 7) is 0. The van der Waals surface area contributed by atoms with Gasteiger partial charge in [0.1, 0.15) is 10.3 Å². The minimum atomic E-state index is -4.67. The van der Waals surface area contributed by atoms with E-state index in [1.807, 2.05) is 0 Å². The van der Waals surface area contributed by atoms with Gasteiger partial charge in [0, 0.05) is 37.0 Å². The summed E-state index contributed by atoms with van der Waals surface area (Å²) in [6, 6.07) is 5.30. The molecule has 23 heavy (non-hydrogen) atoms. The third-order valence-electron chi connectivity index (χ3n) is 3.12. The van der Waals surface area contributed by atoms with Crippen LogP contribution in [0.3, 0.4) is 0 Å². The zero-order chi connectivity index (χ0) is 17.4. The van der Waals surface area contributed by atoms with Gasteiger partial charge < -0.3 is 0 Å². The van der Waals surface area contributed by atoms with Crippen molar-refractivity contribution in [2.24, 2.45) is 12.0 Å². The molecule has 122 valence electrons. The number of aromatic nitrogens is 2. The third-order valence-corrected chi connectivity index (χ3v) is 3.76. The summed E-state index contributed by atoms with van der Waals surface area (Å²) in [4.78, 5) is 16.1. The Bertz CT molecular complexity index is 900. The Balaban J connectivity index is 2.76. The average molecular weight is 362 g/mol. The van der Waals surface area contributed by atoms with Crippen molar-refractivity contribution in [1.82, 2.24) is 9.13 Å². The van der Waals surface area contributed by atoms with E-state index in [1.54, 1.807) is 7.05 Å². The van der Waals surface area contributed by atoms with Crippen molar-refractivity contribution >= 4 is 30.0 Å². The molecule has 9 heteroatoms. The van der Waals surface area contributed by atoms with Gasteiger partial charge in [-0.05, 0) is 18.2 Å². The summed E-state index contributed by atoms with van der Waals surface area (Å²) in [5, 5.41) is 0.398. The van der Waals surface area contributed by atoms with Crippen molar-refractivity contribution in [3.63, 3.8) is 0 Å². The first kappa shape index (κ1) is 17.4. The lowest BCUT2D eigenvalue weighted by atomic mass is 10.2. The molecule has 4 nitrogen and oxygen atoms in total. The number of halogens is 4. The number of hydrogen-bond donors (Lipinski definition) is 0. The molecule has 0 aliphatic carbocycles. The predicted molar refractivity (Wildman–Crippen MR) is 85.4 cm³/mol. The van der Waals surface area contributed by atoms with Crippen LogP contribution < -0.4 is 5.69 Å². The fourth-order valence-corrected chi connectivity index (χ4v) is 2.51. The summed E-state index contributed by atoms with van der Waals surface area (Å²) in [6.07, 6.45) is -3.19. The van der Waals surface area contributed by atoms with Crippen molar-refractivity contribution in [3.05, 3.63) is 55.7 Å². The van der Waals surface area contributed by atoms with E-state index in [-0.39, 0.29) is 4.64 Å². The Labute approximate surface area is 139 Å². The average Bonchev–Trinajstić information content (AvgIpc) is 2.45. The van der Waals surface area contributed by atoms with Crippen LogP contribution in [0.15, 0.2) is 34.1 Å². The molecule has 0 atom stereocenters. The van der Waals surface area contributed by atoms with Gasteiger partial charge in [0.15, 0.2) is 0 Å². The smallest absolute Gasteiger partial charge is 0.296 e. The summed E-state index contributed by atoms with van der Waals surface area (Å²) in [5.41, 5.74) is -1.17. The highest BCUT2D eigenvalue weighted by Gasteiger charge is 2.34. The summed E-state index contributed by atoms with van der Waals surface area (Å²) in [5.74, 6) is 0. The Morgan fingerprint density at radius 2 is 1.96 bits per heavy atom. The maximum atomic E-state index is 12.9. The zero-order valence-corrected chi connectivity index (χ0v) is 13.6. The predicted octanol–water partition coefficient (Wildman–Crippen LogP) is 3.63. The van der Waals surface area contributed by atoms with E-state index in [4.69, 9.17) is 23.8 Å². The topological polar surface area (TPSA) is 39.3 Å². The van der Waals surface area contributed by atoms with Gasteiger partial charge in [0.2, 0.25) is 0 Å². The molecule has 0 bridgehead atoms. The first-order chi connectivity index (χ1) is 10.7. The molecule has 1 aromatic carbocycles. The van der Waals surface area contributed by atoms with Crippen LogP contribution in [-0.2, 0) is 13.2 Å². The van der Waals surface area contributed by atoms with E-state index in [1.165, 1.54) is 24.4 Å². The Hall–Kier alpha value is -1.93. The Kier molecular flexibility index (Phi) is 4.76. The lowest BCUT2D eigenvalue weighted by molar-refractivity contribution is -0.144. The highest BCUT2D eigenvalue weighted by molar-refractivity contribution is 7.71. The Morgan fingerprint density at radius 1 is 1.30 bits per heavy atom. The van der Waals surface area contributed by atoms with Gasteiger partial charge in [-0.3, -0.25) is 14.1 Å². The van der Waals surface area contributed by atoms with E-state index in [2.05, 4.69) is 4.99 Å². The zero-order valence-electron chi connectivity index (χ0n) is 12.1. The lowest BCUT2D eigenvalue weighted by Crippen LogP contribution is -2.33. The summed E-state index contributed by atoms with van der Waals surface area (Å²) < 4.78 is 40.0. The minimum Gasteiger partial charge on any atom is -0.296 e.